The second kappa shape index (κ2) is 5.76. The number of piperidine rings is 1. The first-order chi connectivity index (χ1) is 10.1. The van der Waals surface area contributed by atoms with Crippen molar-refractivity contribution in [2.24, 2.45) is 0 Å². The summed E-state index contributed by atoms with van der Waals surface area (Å²) in [4.78, 5) is 2.57. The van der Waals surface area contributed by atoms with Crippen molar-refractivity contribution in [1.29, 1.82) is 5.26 Å². The highest BCUT2D eigenvalue weighted by Gasteiger charge is 2.37. The van der Waals surface area contributed by atoms with E-state index < -0.39 is 10.0 Å². The number of fused-ring (bicyclic) bond motifs is 1. The molecule has 3 rings (SSSR count). The van der Waals surface area contributed by atoms with E-state index in [4.69, 9.17) is 5.26 Å². The van der Waals surface area contributed by atoms with E-state index in [1.165, 1.54) is 25.0 Å². The molecule has 2 aliphatic heterocycles. The molecule has 21 heavy (non-hydrogen) atoms. The van der Waals surface area contributed by atoms with Gasteiger partial charge in [0.05, 0.1) is 16.5 Å². The van der Waals surface area contributed by atoms with Gasteiger partial charge in [0.2, 0.25) is 10.0 Å². The minimum atomic E-state index is -3.55. The fourth-order valence-electron chi connectivity index (χ4n) is 3.38. The van der Waals surface area contributed by atoms with Crippen molar-refractivity contribution in [2.75, 3.05) is 13.1 Å². The van der Waals surface area contributed by atoms with Crippen LogP contribution in [0.2, 0.25) is 0 Å². The normalized spacial score (nSPS) is 26.2. The zero-order valence-corrected chi connectivity index (χ0v) is 12.6. The van der Waals surface area contributed by atoms with Gasteiger partial charge >= 0.3 is 0 Å². The van der Waals surface area contributed by atoms with Crippen LogP contribution in [0.1, 0.15) is 31.2 Å². The molecule has 6 heteroatoms. The average molecular weight is 305 g/mol. The van der Waals surface area contributed by atoms with Crippen molar-refractivity contribution in [2.45, 2.75) is 42.7 Å². The first-order valence-electron chi connectivity index (χ1n) is 7.37. The van der Waals surface area contributed by atoms with E-state index in [2.05, 4.69) is 9.62 Å². The average Bonchev–Trinajstić information content (AvgIpc) is 2.90. The maximum atomic E-state index is 12.5. The zero-order valence-electron chi connectivity index (χ0n) is 11.8. The maximum Gasteiger partial charge on any atom is 0.240 e. The summed E-state index contributed by atoms with van der Waals surface area (Å²) in [5.41, 5.74) is 0.364. The summed E-state index contributed by atoms with van der Waals surface area (Å²) in [5.74, 6) is 0. The van der Waals surface area contributed by atoms with E-state index in [0.29, 0.717) is 11.6 Å². The Morgan fingerprint density at radius 3 is 2.90 bits per heavy atom. The molecular formula is C15H19N3O2S. The summed E-state index contributed by atoms with van der Waals surface area (Å²) in [7, 11) is -3.55. The third-order valence-electron chi connectivity index (χ3n) is 4.44. The molecule has 2 heterocycles. The second-order valence-electron chi connectivity index (χ2n) is 5.76. The molecule has 0 saturated carbocycles. The van der Waals surface area contributed by atoms with Crippen LogP contribution in [0.5, 0.6) is 0 Å². The van der Waals surface area contributed by atoms with Gasteiger partial charge in [0, 0.05) is 18.6 Å². The molecule has 2 fully saturated rings. The first kappa shape index (κ1) is 14.5. The summed E-state index contributed by atoms with van der Waals surface area (Å²) in [6.45, 7) is 2.04. The van der Waals surface area contributed by atoms with Gasteiger partial charge in [-0.2, -0.15) is 5.26 Å². The summed E-state index contributed by atoms with van der Waals surface area (Å²) in [6, 6.07) is 8.47. The molecule has 0 spiro atoms. The highest BCUT2D eigenvalue weighted by Crippen LogP contribution is 2.28. The highest BCUT2D eigenvalue weighted by molar-refractivity contribution is 7.89. The minimum Gasteiger partial charge on any atom is -0.299 e. The molecular weight excluding hydrogens is 286 g/mol. The lowest BCUT2D eigenvalue weighted by atomic mass is 10.00. The van der Waals surface area contributed by atoms with E-state index in [0.717, 1.165) is 25.9 Å². The number of sulfonamides is 1. The molecule has 112 valence electrons. The van der Waals surface area contributed by atoms with Crippen molar-refractivity contribution in [3.05, 3.63) is 29.8 Å². The lowest BCUT2D eigenvalue weighted by Crippen LogP contribution is -2.46. The van der Waals surface area contributed by atoms with E-state index >= 15 is 0 Å². The van der Waals surface area contributed by atoms with Gasteiger partial charge in [-0.1, -0.05) is 12.5 Å². The molecule has 0 aliphatic carbocycles. The monoisotopic (exact) mass is 305 g/mol. The number of nitriles is 1. The van der Waals surface area contributed by atoms with Gasteiger partial charge in [0.25, 0.3) is 0 Å². The Bertz CT molecular complexity index is 666. The van der Waals surface area contributed by atoms with Crippen LogP contribution in [-0.2, 0) is 10.0 Å². The van der Waals surface area contributed by atoms with Crippen LogP contribution < -0.4 is 4.72 Å². The van der Waals surface area contributed by atoms with Gasteiger partial charge in [-0.05, 0) is 44.0 Å². The Kier molecular flexibility index (Phi) is 3.98. The largest absolute Gasteiger partial charge is 0.299 e. The van der Waals surface area contributed by atoms with Crippen molar-refractivity contribution >= 4 is 10.0 Å². The Morgan fingerprint density at radius 2 is 2.10 bits per heavy atom. The third kappa shape index (κ3) is 2.95. The summed E-state index contributed by atoms with van der Waals surface area (Å²) < 4.78 is 27.8. The van der Waals surface area contributed by atoms with Gasteiger partial charge in [0.1, 0.15) is 0 Å². The lowest BCUT2D eigenvalue weighted by Gasteiger charge is -2.32. The summed E-state index contributed by atoms with van der Waals surface area (Å²) in [5, 5.41) is 8.89. The van der Waals surface area contributed by atoms with Crippen LogP contribution in [0.25, 0.3) is 0 Å². The van der Waals surface area contributed by atoms with Crippen LogP contribution >= 0.6 is 0 Å². The van der Waals surface area contributed by atoms with Crippen molar-refractivity contribution in [3.8, 4) is 6.07 Å². The first-order valence-corrected chi connectivity index (χ1v) is 8.85. The molecule has 0 unspecified atom stereocenters. The Hall–Kier alpha value is -1.42. The quantitative estimate of drug-likeness (QED) is 0.917. The molecule has 0 aromatic heterocycles. The number of nitrogens with one attached hydrogen (secondary N) is 1. The molecule has 2 atom stereocenters. The van der Waals surface area contributed by atoms with E-state index in [1.807, 2.05) is 6.07 Å². The molecule has 2 aliphatic rings. The summed E-state index contributed by atoms with van der Waals surface area (Å²) >= 11 is 0. The fraction of sp³-hybridized carbons (Fsp3) is 0.533. The number of rotatable bonds is 3. The number of benzene rings is 1. The maximum absolute atomic E-state index is 12.5. The zero-order chi connectivity index (χ0) is 14.9. The molecule has 1 aromatic rings. The van der Waals surface area contributed by atoms with Crippen molar-refractivity contribution in [3.63, 3.8) is 0 Å². The summed E-state index contributed by atoms with van der Waals surface area (Å²) in [6.07, 6.45) is 4.30. The standard InChI is InChI=1S/C15H19N3O2S/c16-11-12-4-3-5-13(10-12)21(19,20)17-14-7-9-18-8-2-1-6-15(14)18/h3-5,10,14-15,17H,1-2,6-9H2/t14-,15-/m0/s1. The van der Waals surface area contributed by atoms with Crippen LogP contribution in [-0.4, -0.2) is 38.5 Å². The van der Waals surface area contributed by atoms with E-state index in [-0.39, 0.29) is 10.9 Å². The van der Waals surface area contributed by atoms with Gasteiger partial charge in [-0.3, -0.25) is 4.90 Å². The van der Waals surface area contributed by atoms with Gasteiger partial charge < -0.3 is 0 Å². The topological polar surface area (TPSA) is 73.2 Å². The molecule has 2 saturated heterocycles. The number of nitrogens with zero attached hydrogens (tertiary/aromatic N) is 2. The molecule has 1 aromatic carbocycles. The van der Waals surface area contributed by atoms with Crippen LogP contribution in [0.3, 0.4) is 0 Å². The predicted octanol–water partition coefficient (Wildman–Crippen LogP) is 1.46. The van der Waals surface area contributed by atoms with Crippen LogP contribution in [0.15, 0.2) is 29.2 Å². The van der Waals surface area contributed by atoms with Crippen molar-refractivity contribution < 1.29 is 8.42 Å². The lowest BCUT2D eigenvalue weighted by molar-refractivity contribution is 0.186. The number of hydrogen-bond donors (Lipinski definition) is 1. The van der Waals surface area contributed by atoms with Crippen molar-refractivity contribution in [1.82, 2.24) is 9.62 Å². The van der Waals surface area contributed by atoms with Crippen LogP contribution in [0.4, 0.5) is 0 Å². The Labute approximate surface area is 125 Å². The predicted molar refractivity (Wildman–Crippen MR) is 79.1 cm³/mol. The van der Waals surface area contributed by atoms with Gasteiger partial charge in [-0.15, -0.1) is 0 Å². The third-order valence-corrected chi connectivity index (χ3v) is 5.92. The number of hydrogen-bond acceptors (Lipinski definition) is 4. The molecule has 1 N–H and O–H groups in total. The fourth-order valence-corrected chi connectivity index (χ4v) is 4.73. The molecule has 0 amide bonds. The molecule has 5 nitrogen and oxygen atoms in total. The smallest absolute Gasteiger partial charge is 0.240 e. The minimum absolute atomic E-state index is 0.0129. The van der Waals surface area contributed by atoms with E-state index in [1.54, 1.807) is 12.1 Å². The second-order valence-corrected chi connectivity index (χ2v) is 7.47. The van der Waals surface area contributed by atoms with E-state index in [9.17, 15) is 8.42 Å². The molecule has 0 radical (unpaired) electrons. The highest BCUT2D eigenvalue weighted by atomic mass is 32.2. The Balaban J connectivity index is 1.78. The van der Waals surface area contributed by atoms with Crippen LogP contribution in [0, 0.1) is 11.3 Å². The molecule has 0 bridgehead atoms. The SMILES string of the molecule is N#Cc1cccc(S(=O)(=O)N[C@H]2CCN3CCCC[C@@H]23)c1. The van der Waals surface area contributed by atoms with Gasteiger partial charge in [-0.25, -0.2) is 13.1 Å². The van der Waals surface area contributed by atoms with Gasteiger partial charge in [0.15, 0.2) is 0 Å². The Morgan fingerprint density at radius 1 is 1.24 bits per heavy atom.